The Morgan fingerprint density at radius 3 is 2.55 bits per heavy atom. The zero-order valence-corrected chi connectivity index (χ0v) is 13.0. The molecule has 0 radical (unpaired) electrons. The Morgan fingerprint density at radius 1 is 1.00 bits per heavy atom. The summed E-state index contributed by atoms with van der Waals surface area (Å²) in [6.07, 6.45) is 0. The van der Waals surface area contributed by atoms with Gasteiger partial charge in [0.25, 0.3) is 5.91 Å². The van der Waals surface area contributed by atoms with Crippen molar-refractivity contribution < 1.29 is 4.79 Å². The summed E-state index contributed by atoms with van der Waals surface area (Å²) in [6.45, 7) is 1.99. The molecule has 0 aliphatic heterocycles. The van der Waals surface area contributed by atoms with E-state index in [-0.39, 0.29) is 11.9 Å². The van der Waals surface area contributed by atoms with Crippen LogP contribution in [0.3, 0.4) is 0 Å². The van der Waals surface area contributed by atoms with E-state index in [1.165, 1.54) is 5.39 Å². The fraction of sp³-hybridized carbons (Fsp3) is 0.105. The zero-order valence-electron chi connectivity index (χ0n) is 12.2. The molecule has 0 aliphatic rings. The predicted molar refractivity (Wildman–Crippen MR) is 91.3 cm³/mol. The van der Waals surface area contributed by atoms with Gasteiger partial charge in [-0.3, -0.25) is 4.79 Å². The van der Waals surface area contributed by atoms with Crippen LogP contribution in [0, 0.1) is 0 Å². The largest absolute Gasteiger partial charge is 0.345 e. The van der Waals surface area contributed by atoms with Gasteiger partial charge in [-0.05, 0) is 41.5 Å². The van der Waals surface area contributed by atoms with Gasteiger partial charge in [-0.25, -0.2) is 0 Å². The molecule has 3 rings (SSSR count). The maximum absolute atomic E-state index is 12.3. The zero-order chi connectivity index (χ0) is 15.5. The molecule has 110 valence electrons. The van der Waals surface area contributed by atoms with E-state index in [1.54, 1.807) is 24.3 Å². The van der Waals surface area contributed by atoms with Gasteiger partial charge in [0.15, 0.2) is 0 Å². The summed E-state index contributed by atoms with van der Waals surface area (Å²) in [4.78, 5) is 12.3. The molecular formula is C19H16ClNO. The van der Waals surface area contributed by atoms with Crippen molar-refractivity contribution in [3.8, 4) is 0 Å². The van der Waals surface area contributed by atoms with Crippen LogP contribution in [0.4, 0.5) is 0 Å². The highest BCUT2D eigenvalue weighted by Crippen LogP contribution is 2.24. The van der Waals surface area contributed by atoms with Gasteiger partial charge in [0, 0.05) is 10.6 Å². The molecule has 3 aromatic rings. The Labute approximate surface area is 134 Å². The summed E-state index contributed by atoms with van der Waals surface area (Å²) in [7, 11) is 0. The molecule has 3 heteroatoms. The molecule has 22 heavy (non-hydrogen) atoms. The Bertz CT molecular complexity index is 823. The van der Waals surface area contributed by atoms with Crippen LogP contribution in [-0.2, 0) is 0 Å². The average Bonchev–Trinajstić information content (AvgIpc) is 2.54. The molecule has 0 aliphatic carbocycles. The van der Waals surface area contributed by atoms with E-state index in [1.807, 2.05) is 31.2 Å². The number of amides is 1. The van der Waals surface area contributed by atoms with Crippen molar-refractivity contribution in [2.75, 3.05) is 0 Å². The highest BCUT2D eigenvalue weighted by atomic mass is 35.5. The van der Waals surface area contributed by atoms with E-state index in [9.17, 15) is 4.79 Å². The highest BCUT2D eigenvalue weighted by molar-refractivity contribution is 6.30. The lowest BCUT2D eigenvalue weighted by atomic mass is 9.99. The molecule has 2 nitrogen and oxygen atoms in total. The van der Waals surface area contributed by atoms with Gasteiger partial charge in [-0.2, -0.15) is 0 Å². The van der Waals surface area contributed by atoms with Crippen molar-refractivity contribution in [2.24, 2.45) is 0 Å². The minimum Gasteiger partial charge on any atom is -0.345 e. The van der Waals surface area contributed by atoms with E-state index in [0.29, 0.717) is 10.6 Å². The third-order valence-electron chi connectivity index (χ3n) is 3.72. The molecule has 1 N–H and O–H groups in total. The SMILES string of the molecule is CC(NC(=O)c1cccc(Cl)c1)c1cccc2ccccc12. The van der Waals surface area contributed by atoms with Gasteiger partial charge in [0.1, 0.15) is 0 Å². The van der Waals surface area contributed by atoms with Crippen LogP contribution in [0.25, 0.3) is 10.8 Å². The molecule has 1 atom stereocenters. The standard InChI is InChI=1S/C19H16ClNO/c1-13(21-19(22)15-8-4-9-16(20)12-15)17-11-5-7-14-6-2-3-10-18(14)17/h2-13H,1H3,(H,21,22). The second-order valence-electron chi connectivity index (χ2n) is 5.27. The number of carbonyl (C=O) groups excluding carboxylic acids is 1. The maximum Gasteiger partial charge on any atom is 0.251 e. The molecule has 0 aromatic heterocycles. The minimum absolute atomic E-state index is 0.0856. The monoisotopic (exact) mass is 309 g/mol. The topological polar surface area (TPSA) is 29.1 Å². The second-order valence-corrected chi connectivity index (χ2v) is 5.71. The summed E-state index contributed by atoms with van der Waals surface area (Å²) >= 11 is 5.94. The Morgan fingerprint density at radius 2 is 1.73 bits per heavy atom. The predicted octanol–water partition coefficient (Wildman–Crippen LogP) is 4.98. The van der Waals surface area contributed by atoms with Crippen LogP contribution in [0.2, 0.25) is 5.02 Å². The second kappa shape index (κ2) is 6.20. The van der Waals surface area contributed by atoms with Crippen molar-refractivity contribution in [2.45, 2.75) is 13.0 Å². The lowest BCUT2D eigenvalue weighted by molar-refractivity contribution is 0.0940. The van der Waals surface area contributed by atoms with Crippen LogP contribution >= 0.6 is 11.6 Å². The van der Waals surface area contributed by atoms with Crippen LogP contribution in [0.15, 0.2) is 66.7 Å². The number of fused-ring (bicyclic) bond motifs is 1. The van der Waals surface area contributed by atoms with Crippen molar-refractivity contribution in [3.63, 3.8) is 0 Å². The molecular weight excluding hydrogens is 294 g/mol. The summed E-state index contributed by atoms with van der Waals surface area (Å²) in [5, 5.41) is 5.92. The average molecular weight is 310 g/mol. The Balaban J connectivity index is 1.87. The molecule has 3 aromatic carbocycles. The van der Waals surface area contributed by atoms with Gasteiger partial charge < -0.3 is 5.32 Å². The first-order chi connectivity index (χ1) is 10.6. The van der Waals surface area contributed by atoms with E-state index in [4.69, 9.17) is 11.6 Å². The Hall–Kier alpha value is -2.32. The fourth-order valence-electron chi connectivity index (χ4n) is 2.62. The van der Waals surface area contributed by atoms with Crippen LogP contribution in [-0.4, -0.2) is 5.91 Å². The maximum atomic E-state index is 12.3. The number of rotatable bonds is 3. The van der Waals surface area contributed by atoms with Gasteiger partial charge >= 0.3 is 0 Å². The first-order valence-corrected chi connectivity index (χ1v) is 7.57. The number of benzene rings is 3. The number of carbonyl (C=O) groups is 1. The number of hydrogen-bond acceptors (Lipinski definition) is 1. The van der Waals surface area contributed by atoms with Crippen LogP contribution in [0.5, 0.6) is 0 Å². The fourth-order valence-corrected chi connectivity index (χ4v) is 2.81. The van der Waals surface area contributed by atoms with Gasteiger partial charge in [0.05, 0.1) is 6.04 Å². The molecule has 0 saturated carbocycles. The molecule has 0 saturated heterocycles. The lowest BCUT2D eigenvalue weighted by Gasteiger charge is -2.16. The van der Waals surface area contributed by atoms with Crippen molar-refractivity contribution >= 4 is 28.3 Å². The molecule has 0 heterocycles. The Kier molecular flexibility index (Phi) is 4.12. The third-order valence-corrected chi connectivity index (χ3v) is 3.96. The molecule has 0 bridgehead atoms. The highest BCUT2D eigenvalue weighted by Gasteiger charge is 2.13. The van der Waals surface area contributed by atoms with Gasteiger partial charge in [-0.1, -0.05) is 60.1 Å². The lowest BCUT2D eigenvalue weighted by Crippen LogP contribution is -2.26. The number of hydrogen-bond donors (Lipinski definition) is 1. The van der Waals surface area contributed by atoms with E-state index in [2.05, 4.69) is 23.5 Å². The van der Waals surface area contributed by atoms with Crippen molar-refractivity contribution in [1.82, 2.24) is 5.32 Å². The smallest absolute Gasteiger partial charge is 0.251 e. The van der Waals surface area contributed by atoms with Crippen LogP contribution in [0.1, 0.15) is 28.9 Å². The van der Waals surface area contributed by atoms with Crippen molar-refractivity contribution in [1.29, 1.82) is 0 Å². The third kappa shape index (κ3) is 2.97. The van der Waals surface area contributed by atoms with Crippen LogP contribution < -0.4 is 5.32 Å². The first-order valence-electron chi connectivity index (χ1n) is 7.19. The van der Waals surface area contributed by atoms with Crippen molar-refractivity contribution in [3.05, 3.63) is 82.9 Å². The summed E-state index contributed by atoms with van der Waals surface area (Å²) in [5.41, 5.74) is 1.67. The summed E-state index contributed by atoms with van der Waals surface area (Å²) in [5.74, 6) is -0.122. The molecule has 0 fully saturated rings. The minimum atomic E-state index is -0.122. The molecule has 1 unspecified atom stereocenters. The van der Waals surface area contributed by atoms with E-state index >= 15 is 0 Å². The summed E-state index contributed by atoms with van der Waals surface area (Å²) < 4.78 is 0. The normalized spacial score (nSPS) is 12.1. The van der Waals surface area contributed by atoms with E-state index < -0.39 is 0 Å². The quantitative estimate of drug-likeness (QED) is 0.726. The number of nitrogens with one attached hydrogen (secondary N) is 1. The van der Waals surface area contributed by atoms with E-state index in [0.717, 1.165) is 10.9 Å². The molecule has 0 spiro atoms. The first kappa shape index (κ1) is 14.6. The summed E-state index contributed by atoms with van der Waals surface area (Å²) in [6, 6.07) is 21.2. The molecule has 1 amide bonds. The number of halogens is 1. The van der Waals surface area contributed by atoms with Gasteiger partial charge in [-0.15, -0.1) is 0 Å². The van der Waals surface area contributed by atoms with Gasteiger partial charge in [0.2, 0.25) is 0 Å².